The van der Waals surface area contributed by atoms with Crippen LogP contribution in [0.15, 0.2) is 53.5 Å². The van der Waals surface area contributed by atoms with Crippen LogP contribution in [0.3, 0.4) is 0 Å². The van der Waals surface area contributed by atoms with Crippen molar-refractivity contribution in [3.8, 4) is 11.8 Å². The van der Waals surface area contributed by atoms with Crippen LogP contribution >= 0.6 is 24.0 Å². The number of para-hydroxylation sites is 2. The van der Waals surface area contributed by atoms with Crippen molar-refractivity contribution in [2.75, 3.05) is 12.4 Å². The van der Waals surface area contributed by atoms with Crippen molar-refractivity contribution in [2.45, 2.75) is 6.54 Å². The highest BCUT2D eigenvalue weighted by atomic mass is 127. The molecule has 0 bridgehead atoms. The average Bonchev–Trinajstić information content (AvgIpc) is 2.54. The van der Waals surface area contributed by atoms with E-state index >= 15 is 0 Å². The first kappa shape index (κ1) is 17.8. The van der Waals surface area contributed by atoms with Gasteiger partial charge in [-0.05, 0) is 29.8 Å². The summed E-state index contributed by atoms with van der Waals surface area (Å²) in [5, 5.41) is 11.7. The Labute approximate surface area is 146 Å². The molecule has 0 saturated heterocycles. The van der Waals surface area contributed by atoms with Crippen molar-refractivity contribution in [3.63, 3.8) is 0 Å². The lowest BCUT2D eigenvalue weighted by Crippen LogP contribution is -2.22. The summed E-state index contributed by atoms with van der Waals surface area (Å²) in [4.78, 5) is 4.27. The van der Waals surface area contributed by atoms with Gasteiger partial charge in [0.1, 0.15) is 5.75 Å². The van der Waals surface area contributed by atoms with Gasteiger partial charge in [-0.2, -0.15) is 5.26 Å². The van der Waals surface area contributed by atoms with E-state index in [0.29, 0.717) is 23.8 Å². The Kier molecular flexibility index (Phi) is 7.19. The maximum atomic E-state index is 8.74. The molecule has 2 rings (SSSR count). The van der Waals surface area contributed by atoms with Crippen LogP contribution in [-0.4, -0.2) is 13.1 Å². The van der Waals surface area contributed by atoms with Crippen LogP contribution in [0.2, 0.25) is 0 Å². The number of nitrogens with zero attached hydrogens (tertiary/aromatic N) is 2. The van der Waals surface area contributed by atoms with Gasteiger partial charge in [0.15, 0.2) is 5.96 Å². The van der Waals surface area contributed by atoms with Gasteiger partial charge >= 0.3 is 0 Å². The number of nitriles is 1. The molecule has 0 aliphatic carbocycles. The Hall–Kier alpha value is -2.27. The molecule has 0 amide bonds. The lowest BCUT2D eigenvalue weighted by Gasteiger charge is -2.10. The number of hydrogen-bond donors (Lipinski definition) is 2. The molecule has 2 aromatic rings. The second-order valence-electron chi connectivity index (χ2n) is 4.34. The minimum Gasteiger partial charge on any atom is -0.495 e. The monoisotopic (exact) mass is 408 g/mol. The van der Waals surface area contributed by atoms with Gasteiger partial charge in [-0.15, -0.1) is 24.0 Å². The van der Waals surface area contributed by atoms with Crippen LogP contribution in [0.4, 0.5) is 5.69 Å². The van der Waals surface area contributed by atoms with Gasteiger partial charge < -0.3 is 15.8 Å². The fourth-order valence-electron chi connectivity index (χ4n) is 1.79. The Balaban J connectivity index is 0.00000242. The van der Waals surface area contributed by atoms with Crippen molar-refractivity contribution in [1.82, 2.24) is 0 Å². The van der Waals surface area contributed by atoms with E-state index < -0.39 is 0 Å². The fourth-order valence-corrected chi connectivity index (χ4v) is 1.79. The van der Waals surface area contributed by atoms with Crippen LogP contribution in [-0.2, 0) is 6.54 Å². The van der Waals surface area contributed by atoms with Gasteiger partial charge in [0.25, 0.3) is 0 Å². The number of halogens is 1. The predicted octanol–water partition coefficient (Wildman–Crippen LogP) is 3.11. The number of benzene rings is 2. The second-order valence-corrected chi connectivity index (χ2v) is 4.34. The van der Waals surface area contributed by atoms with E-state index in [1.807, 2.05) is 36.4 Å². The number of guanidine groups is 1. The molecule has 0 radical (unpaired) electrons. The van der Waals surface area contributed by atoms with E-state index in [1.165, 1.54) is 0 Å². The third-order valence-electron chi connectivity index (χ3n) is 2.88. The molecule has 22 heavy (non-hydrogen) atoms. The van der Waals surface area contributed by atoms with Gasteiger partial charge in [0.2, 0.25) is 0 Å². The van der Waals surface area contributed by atoms with E-state index in [1.54, 1.807) is 19.2 Å². The SMILES string of the molecule is COc1ccccc1NC(N)=NCc1ccc(C#N)cc1.I. The Morgan fingerprint density at radius 1 is 1.23 bits per heavy atom. The molecule has 0 fully saturated rings. The zero-order valence-corrected chi connectivity index (χ0v) is 14.4. The third kappa shape index (κ3) is 4.93. The molecule has 0 atom stereocenters. The van der Waals surface area contributed by atoms with E-state index in [-0.39, 0.29) is 24.0 Å². The lowest BCUT2D eigenvalue weighted by molar-refractivity contribution is 0.417. The minimum absolute atomic E-state index is 0. The van der Waals surface area contributed by atoms with Crippen molar-refractivity contribution >= 4 is 35.6 Å². The van der Waals surface area contributed by atoms with E-state index in [9.17, 15) is 0 Å². The topological polar surface area (TPSA) is 83.4 Å². The smallest absolute Gasteiger partial charge is 0.193 e. The van der Waals surface area contributed by atoms with Gasteiger partial charge in [-0.3, -0.25) is 0 Å². The van der Waals surface area contributed by atoms with Crippen LogP contribution < -0.4 is 15.8 Å². The van der Waals surface area contributed by atoms with Gasteiger partial charge in [-0.1, -0.05) is 24.3 Å². The normalized spacial score (nSPS) is 10.3. The molecule has 0 saturated carbocycles. The standard InChI is InChI=1S/C16H16N4O.HI/c1-21-15-5-3-2-4-14(15)20-16(18)19-11-13-8-6-12(10-17)7-9-13;/h2-9H,11H2,1H3,(H3,18,19,20);1H. The van der Waals surface area contributed by atoms with Gasteiger partial charge in [0, 0.05) is 0 Å². The quantitative estimate of drug-likeness (QED) is 0.463. The molecular formula is C16H17IN4O. The first-order valence-corrected chi connectivity index (χ1v) is 6.42. The summed E-state index contributed by atoms with van der Waals surface area (Å²) in [5.74, 6) is 1.01. The number of ether oxygens (including phenoxy) is 1. The molecule has 3 N–H and O–H groups in total. The molecule has 6 heteroatoms. The summed E-state index contributed by atoms with van der Waals surface area (Å²) < 4.78 is 5.23. The van der Waals surface area contributed by atoms with Crippen molar-refractivity contribution < 1.29 is 4.74 Å². The highest BCUT2D eigenvalue weighted by molar-refractivity contribution is 14.0. The maximum absolute atomic E-state index is 8.74. The largest absolute Gasteiger partial charge is 0.495 e. The fraction of sp³-hybridized carbons (Fsp3) is 0.125. The number of hydrogen-bond acceptors (Lipinski definition) is 3. The Morgan fingerprint density at radius 2 is 1.91 bits per heavy atom. The number of methoxy groups -OCH3 is 1. The summed E-state index contributed by atoms with van der Waals surface area (Å²) in [6.07, 6.45) is 0. The zero-order valence-electron chi connectivity index (χ0n) is 12.1. The minimum atomic E-state index is 0. The zero-order chi connectivity index (χ0) is 15.1. The predicted molar refractivity (Wildman–Crippen MR) is 98.5 cm³/mol. The van der Waals surface area contributed by atoms with Crippen LogP contribution in [0.1, 0.15) is 11.1 Å². The van der Waals surface area contributed by atoms with Crippen molar-refractivity contribution in [2.24, 2.45) is 10.7 Å². The molecule has 0 aliphatic heterocycles. The molecule has 0 spiro atoms. The first-order valence-electron chi connectivity index (χ1n) is 6.42. The summed E-state index contributed by atoms with van der Waals surface area (Å²) in [7, 11) is 1.60. The number of anilines is 1. The van der Waals surface area contributed by atoms with Gasteiger partial charge in [-0.25, -0.2) is 4.99 Å². The Morgan fingerprint density at radius 3 is 2.55 bits per heavy atom. The van der Waals surface area contributed by atoms with Crippen molar-refractivity contribution in [3.05, 3.63) is 59.7 Å². The van der Waals surface area contributed by atoms with E-state index in [2.05, 4.69) is 16.4 Å². The summed E-state index contributed by atoms with van der Waals surface area (Å²) >= 11 is 0. The lowest BCUT2D eigenvalue weighted by atomic mass is 10.1. The summed E-state index contributed by atoms with van der Waals surface area (Å²) in [6, 6.07) is 16.8. The second kappa shape index (κ2) is 8.89. The first-order chi connectivity index (χ1) is 10.2. The third-order valence-corrected chi connectivity index (χ3v) is 2.88. The number of aliphatic imine (C=N–C) groups is 1. The molecule has 0 aromatic heterocycles. The van der Waals surface area contributed by atoms with Crippen LogP contribution in [0.25, 0.3) is 0 Å². The highest BCUT2D eigenvalue weighted by Gasteiger charge is 2.02. The van der Waals surface area contributed by atoms with Crippen LogP contribution in [0, 0.1) is 11.3 Å². The molecule has 114 valence electrons. The number of nitrogens with two attached hydrogens (primary N) is 1. The molecular weight excluding hydrogens is 391 g/mol. The van der Waals surface area contributed by atoms with E-state index in [4.69, 9.17) is 15.7 Å². The molecule has 0 unspecified atom stereocenters. The van der Waals surface area contributed by atoms with Gasteiger partial charge in [0.05, 0.1) is 31.0 Å². The summed E-state index contributed by atoms with van der Waals surface area (Å²) in [6.45, 7) is 0.444. The molecule has 0 aliphatic rings. The average molecular weight is 408 g/mol. The number of rotatable bonds is 4. The van der Waals surface area contributed by atoms with E-state index in [0.717, 1.165) is 11.3 Å². The van der Waals surface area contributed by atoms with Crippen molar-refractivity contribution in [1.29, 1.82) is 5.26 Å². The molecule has 0 heterocycles. The molecule has 2 aromatic carbocycles. The van der Waals surface area contributed by atoms with Crippen LogP contribution in [0.5, 0.6) is 5.75 Å². The highest BCUT2D eigenvalue weighted by Crippen LogP contribution is 2.22. The maximum Gasteiger partial charge on any atom is 0.193 e. The Bertz CT molecular complexity index is 677. The summed E-state index contributed by atoms with van der Waals surface area (Å²) in [5.41, 5.74) is 8.24. The number of nitrogens with one attached hydrogen (secondary N) is 1. The molecule has 5 nitrogen and oxygen atoms in total.